The van der Waals surface area contributed by atoms with Crippen LogP contribution in [0.2, 0.25) is 0 Å². The molecule has 0 spiro atoms. The zero-order valence-corrected chi connectivity index (χ0v) is 11.8. The van der Waals surface area contributed by atoms with E-state index in [0.717, 1.165) is 23.1 Å². The number of hydrogen-bond donors (Lipinski definition) is 1. The summed E-state index contributed by atoms with van der Waals surface area (Å²) in [7, 11) is 0. The summed E-state index contributed by atoms with van der Waals surface area (Å²) in [5.41, 5.74) is 1.52. The van der Waals surface area contributed by atoms with Gasteiger partial charge in [0.25, 0.3) is 0 Å². The van der Waals surface area contributed by atoms with Gasteiger partial charge in [0.05, 0.1) is 0 Å². The highest BCUT2D eigenvalue weighted by molar-refractivity contribution is 9.10. The molecular formula is C14H17BrN2O. The standard InChI is InChI=1S/C14H17BrN2O/c1-3-8-17(9-4-2)11-14(16-18)12-6-5-7-13(15)10-12/h3-7,10,18H,1-2,8-9,11H2. The first kappa shape index (κ1) is 14.7. The van der Waals surface area contributed by atoms with Crippen molar-refractivity contribution in [3.63, 3.8) is 0 Å². The van der Waals surface area contributed by atoms with Crippen LogP contribution in [-0.2, 0) is 0 Å². The van der Waals surface area contributed by atoms with Crippen LogP contribution in [0.3, 0.4) is 0 Å². The quantitative estimate of drug-likeness (QED) is 0.363. The smallest absolute Gasteiger partial charge is 0.101 e. The third-order valence-electron chi connectivity index (χ3n) is 2.43. The highest BCUT2D eigenvalue weighted by Crippen LogP contribution is 2.13. The second-order valence-corrected chi connectivity index (χ2v) is 4.74. The zero-order valence-electron chi connectivity index (χ0n) is 10.2. The van der Waals surface area contributed by atoms with E-state index in [4.69, 9.17) is 5.21 Å². The van der Waals surface area contributed by atoms with Crippen LogP contribution >= 0.6 is 15.9 Å². The Morgan fingerprint density at radius 3 is 2.50 bits per heavy atom. The van der Waals surface area contributed by atoms with Crippen molar-refractivity contribution in [1.82, 2.24) is 4.90 Å². The lowest BCUT2D eigenvalue weighted by Gasteiger charge is -2.19. The molecule has 0 atom stereocenters. The molecule has 0 saturated heterocycles. The van der Waals surface area contributed by atoms with Crippen molar-refractivity contribution >= 4 is 21.6 Å². The molecule has 0 radical (unpaired) electrons. The Bertz CT molecular complexity index is 433. The minimum Gasteiger partial charge on any atom is -0.411 e. The maximum atomic E-state index is 9.15. The van der Waals surface area contributed by atoms with Gasteiger partial charge in [-0.2, -0.15) is 0 Å². The molecule has 0 amide bonds. The summed E-state index contributed by atoms with van der Waals surface area (Å²) < 4.78 is 0.958. The predicted octanol–water partition coefficient (Wildman–Crippen LogP) is 3.30. The first-order chi connectivity index (χ1) is 8.71. The molecule has 96 valence electrons. The highest BCUT2D eigenvalue weighted by Gasteiger charge is 2.09. The predicted molar refractivity (Wildman–Crippen MR) is 79.3 cm³/mol. The molecule has 0 aliphatic heterocycles. The second kappa shape index (κ2) is 7.84. The zero-order chi connectivity index (χ0) is 13.4. The summed E-state index contributed by atoms with van der Waals surface area (Å²) in [4.78, 5) is 2.08. The number of halogens is 1. The highest BCUT2D eigenvalue weighted by atomic mass is 79.9. The molecule has 18 heavy (non-hydrogen) atoms. The van der Waals surface area contributed by atoms with Crippen molar-refractivity contribution in [2.24, 2.45) is 5.16 Å². The van der Waals surface area contributed by atoms with Gasteiger partial charge in [-0.1, -0.05) is 45.4 Å². The van der Waals surface area contributed by atoms with E-state index >= 15 is 0 Å². The van der Waals surface area contributed by atoms with Crippen molar-refractivity contribution in [1.29, 1.82) is 0 Å². The average Bonchev–Trinajstić information content (AvgIpc) is 2.36. The van der Waals surface area contributed by atoms with Crippen molar-refractivity contribution < 1.29 is 5.21 Å². The fourth-order valence-corrected chi connectivity index (χ4v) is 2.03. The van der Waals surface area contributed by atoms with Crippen LogP contribution in [0, 0.1) is 0 Å². The summed E-state index contributed by atoms with van der Waals surface area (Å²) in [5, 5.41) is 12.5. The van der Waals surface area contributed by atoms with Gasteiger partial charge in [-0.25, -0.2) is 0 Å². The third kappa shape index (κ3) is 4.47. The number of rotatable bonds is 7. The van der Waals surface area contributed by atoms with Crippen LogP contribution in [0.25, 0.3) is 0 Å². The summed E-state index contributed by atoms with van der Waals surface area (Å²) in [6.45, 7) is 9.42. The molecule has 1 aromatic carbocycles. The van der Waals surface area contributed by atoms with Gasteiger partial charge in [0.15, 0.2) is 0 Å². The van der Waals surface area contributed by atoms with Crippen molar-refractivity contribution in [2.45, 2.75) is 0 Å². The normalized spacial score (nSPS) is 11.6. The molecule has 0 unspecified atom stereocenters. The van der Waals surface area contributed by atoms with Crippen LogP contribution < -0.4 is 0 Å². The van der Waals surface area contributed by atoms with Gasteiger partial charge >= 0.3 is 0 Å². The molecule has 0 fully saturated rings. The molecule has 0 aromatic heterocycles. The molecule has 3 nitrogen and oxygen atoms in total. The Kier molecular flexibility index (Phi) is 6.39. The van der Waals surface area contributed by atoms with E-state index in [1.165, 1.54) is 0 Å². The summed E-state index contributed by atoms with van der Waals surface area (Å²) >= 11 is 3.40. The van der Waals surface area contributed by atoms with Gasteiger partial charge in [-0.3, -0.25) is 4.90 Å². The summed E-state index contributed by atoms with van der Waals surface area (Å²) in [6, 6.07) is 7.69. The lowest BCUT2D eigenvalue weighted by atomic mass is 10.1. The van der Waals surface area contributed by atoms with Gasteiger partial charge in [0, 0.05) is 29.7 Å². The molecule has 0 saturated carbocycles. The van der Waals surface area contributed by atoms with E-state index in [9.17, 15) is 0 Å². The second-order valence-electron chi connectivity index (χ2n) is 3.83. The first-order valence-corrected chi connectivity index (χ1v) is 6.41. The lowest BCUT2D eigenvalue weighted by molar-refractivity contribution is 0.311. The van der Waals surface area contributed by atoms with Crippen molar-refractivity contribution in [2.75, 3.05) is 19.6 Å². The molecule has 4 heteroatoms. The molecular weight excluding hydrogens is 292 g/mol. The average molecular weight is 309 g/mol. The molecule has 1 aromatic rings. The molecule has 0 heterocycles. The van der Waals surface area contributed by atoms with Crippen LogP contribution in [0.5, 0.6) is 0 Å². The van der Waals surface area contributed by atoms with E-state index in [1.807, 2.05) is 36.4 Å². The number of oxime groups is 1. The first-order valence-electron chi connectivity index (χ1n) is 5.62. The van der Waals surface area contributed by atoms with Gasteiger partial charge in [0.1, 0.15) is 5.71 Å². The maximum absolute atomic E-state index is 9.15. The van der Waals surface area contributed by atoms with Crippen LogP contribution in [0.15, 0.2) is 59.2 Å². The Labute approximate surface area is 116 Å². The van der Waals surface area contributed by atoms with Crippen LogP contribution in [-0.4, -0.2) is 35.5 Å². The minimum absolute atomic E-state index is 0.547. The topological polar surface area (TPSA) is 35.8 Å². The Balaban J connectivity index is 2.83. The van der Waals surface area contributed by atoms with E-state index in [0.29, 0.717) is 12.3 Å². The van der Waals surface area contributed by atoms with E-state index < -0.39 is 0 Å². The Morgan fingerprint density at radius 2 is 2.00 bits per heavy atom. The largest absolute Gasteiger partial charge is 0.411 e. The minimum atomic E-state index is 0.547. The molecule has 0 aliphatic rings. The molecule has 0 bridgehead atoms. The van der Waals surface area contributed by atoms with Crippen molar-refractivity contribution in [3.8, 4) is 0 Å². The lowest BCUT2D eigenvalue weighted by Crippen LogP contribution is -2.30. The molecule has 1 N–H and O–H groups in total. The number of hydrogen-bond acceptors (Lipinski definition) is 3. The summed E-state index contributed by atoms with van der Waals surface area (Å²) in [6.07, 6.45) is 3.64. The van der Waals surface area contributed by atoms with Gasteiger partial charge in [0.2, 0.25) is 0 Å². The van der Waals surface area contributed by atoms with Gasteiger partial charge < -0.3 is 5.21 Å². The maximum Gasteiger partial charge on any atom is 0.101 e. The Morgan fingerprint density at radius 1 is 1.33 bits per heavy atom. The number of nitrogens with zero attached hydrogens (tertiary/aromatic N) is 2. The fraction of sp³-hybridized carbons (Fsp3) is 0.214. The van der Waals surface area contributed by atoms with E-state index in [-0.39, 0.29) is 0 Å². The van der Waals surface area contributed by atoms with Crippen molar-refractivity contribution in [3.05, 3.63) is 59.6 Å². The SMILES string of the molecule is C=CCN(CC=C)CC(=NO)c1cccc(Br)c1. The van der Waals surface area contributed by atoms with Gasteiger partial charge in [-0.15, -0.1) is 13.2 Å². The molecule has 1 rings (SSSR count). The third-order valence-corrected chi connectivity index (χ3v) is 2.92. The summed E-state index contributed by atoms with van der Waals surface area (Å²) in [5.74, 6) is 0. The fourth-order valence-electron chi connectivity index (χ4n) is 1.63. The number of benzene rings is 1. The van der Waals surface area contributed by atoms with Crippen LogP contribution in [0.1, 0.15) is 5.56 Å². The van der Waals surface area contributed by atoms with Crippen LogP contribution in [0.4, 0.5) is 0 Å². The van der Waals surface area contributed by atoms with E-state index in [2.05, 4.69) is 39.1 Å². The molecule has 0 aliphatic carbocycles. The van der Waals surface area contributed by atoms with E-state index in [1.54, 1.807) is 0 Å². The monoisotopic (exact) mass is 308 g/mol. The Hall–Kier alpha value is -1.39. The van der Waals surface area contributed by atoms with Gasteiger partial charge in [-0.05, 0) is 12.1 Å².